The molecule has 0 spiro atoms. The topological polar surface area (TPSA) is 75.7 Å². The Labute approximate surface area is 153 Å². The van der Waals surface area contributed by atoms with Crippen LogP contribution in [0.25, 0.3) is 0 Å². The minimum Gasteiger partial charge on any atom is -0.455 e. The van der Waals surface area contributed by atoms with E-state index in [-0.39, 0.29) is 30.9 Å². The average Bonchev–Trinajstić information content (AvgIpc) is 3.20. The van der Waals surface area contributed by atoms with Crippen LogP contribution in [0.2, 0.25) is 0 Å². The van der Waals surface area contributed by atoms with E-state index in [1.54, 1.807) is 0 Å². The van der Waals surface area contributed by atoms with Crippen molar-refractivity contribution >= 4 is 23.5 Å². The molecule has 26 heavy (non-hydrogen) atoms. The fourth-order valence-electron chi connectivity index (χ4n) is 3.96. The van der Waals surface area contributed by atoms with Gasteiger partial charge in [-0.05, 0) is 49.9 Å². The van der Waals surface area contributed by atoms with E-state index < -0.39 is 11.9 Å². The minimum atomic E-state index is -0.464. The van der Waals surface area contributed by atoms with Crippen LogP contribution < -0.4 is 5.32 Å². The number of amides is 2. The van der Waals surface area contributed by atoms with Crippen LogP contribution in [0.1, 0.15) is 43.2 Å². The lowest BCUT2D eigenvalue weighted by Gasteiger charge is -2.23. The zero-order valence-electron chi connectivity index (χ0n) is 15.4. The maximum atomic E-state index is 12.2. The predicted molar refractivity (Wildman–Crippen MR) is 97.6 cm³/mol. The van der Waals surface area contributed by atoms with E-state index in [4.69, 9.17) is 4.74 Å². The van der Waals surface area contributed by atoms with Crippen LogP contribution in [0, 0.1) is 19.8 Å². The van der Waals surface area contributed by atoms with E-state index in [9.17, 15) is 14.4 Å². The molecule has 0 aromatic heterocycles. The summed E-state index contributed by atoms with van der Waals surface area (Å²) in [6, 6.07) is 6.01. The molecule has 0 unspecified atom stereocenters. The second-order valence-corrected chi connectivity index (χ2v) is 7.42. The molecule has 1 aromatic carbocycles. The molecule has 3 rings (SSSR count). The van der Waals surface area contributed by atoms with Crippen molar-refractivity contribution in [2.45, 2.75) is 52.0 Å². The standard InChI is InChI=1S/C20H26N2O4/c1-13-7-14(2)9-16(8-13)21-18(23)12-26-20(25)15-10-19(24)22(11-15)17-5-3-4-6-17/h7-9,15,17H,3-6,10-12H2,1-2H3,(H,21,23)/t15-/m0/s1. The number of hydrogen-bond acceptors (Lipinski definition) is 4. The molecule has 0 bridgehead atoms. The summed E-state index contributed by atoms with van der Waals surface area (Å²) < 4.78 is 5.15. The van der Waals surface area contributed by atoms with Crippen molar-refractivity contribution in [2.75, 3.05) is 18.5 Å². The lowest BCUT2D eigenvalue weighted by Crippen LogP contribution is -2.35. The van der Waals surface area contributed by atoms with Gasteiger partial charge in [0.1, 0.15) is 0 Å². The van der Waals surface area contributed by atoms with E-state index >= 15 is 0 Å². The molecule has 1 N–H and O–H groups in total. The second-order valence-electron chi connectivity index (χ2n) is 7.42. The third-order valence-electron chi connectivity index (χ3n) is 5.11. The number of nitrogens with one attached hydrogen (secondary N) is 1. The predicted octanol–water partition coefficient (Wildman–Crippen LogP) is 2.58. The van der Waals surface area contributed by atoms with Gasteiger partial charge in [0.15, 0.2) is 6.61 Å². The number of likely N-dealkylation sites (tertiary alicyclic amines) is 1. The molecular formula is C20H26N2O4. The number of carbonyl (C=O) groups is 3. The first-order valence-electron chi connectivity index (χ1n) is 9.26. The highest BCUT2D eigenvalue weighted by Gasteiger charge is 2.39. The number of benzene rings is 1. The molecule has 1 aliphatic carbocycles. The Balaban J connectivity index is 1.47. The van der Waals surface area contributed by atoms with Crippen LogP contribution in [-0.4, -0.2) is 41.9 Å². The monoisotopic (exact) mass is 358 g/mol. The molecule has 0 radical (unpaired) electrons. The molecule has 6 nitrogen and oxygen atoms in total. The van der Waals surface area contributed by atoms with Gasteiger partial charge in [0, 0.05) is 24.7 Å². The molecule has 140 valence electrons. The molecule has 2 fully saturated rings. The zero-order valence-corrected chi connectivity index (χ0v) is 15.4. The molecule has 2 aliphatic rings. The first kappa shape index (κ1) is 18.4. The number of carbonyl (C=O) groups excluding carboxylic acids is 3. The van der Waals surface area contributed by atoms with Gasteiger partial charge in [-0.2, -0.15) is 0 Å². The summed E-state index contributed by atoms with van der Waals surface area (Å²) in [7, 11) is 0. The normalized spacial score (nSPS) is 20.5. The van der Waals surface area contributed by atoms with Crippen LogP contribution in [0.3, 0.4) is 0 Å². The maximum absolute atomic E-state index is 12.2. The van der Waals surface area contributed by atoms with Crippen LogP contribution in [0.4, 0.5) is 5.69 Å². The molecular weight excluding hydrogens is 332 g/mol. The minimum absolute atomic E-state index is 0.0264. The smallest absolute Gasteiger partial charge is 0.311 e. The van der Waals surface area contributed by atoms with Crippen molar-refractivity contribution in [3.8, 4) is 0 Å². The van der Waals surface area contributed by atoms with E-state index in [2.05, 4.69) is 5.32 Å². The summed E-state index contributed by atoms with van der Waals surface area (Å²) in [5, 5.41) is 2.74. The van der Waals surface area contributed by atoms with E-state index in [1.807, 2.05) is 36.9 Å². The van der Waals surface area contributed by atoms with Gasteiger partial charge in [0.05, 0.1) is 5.92 Å². The third-order valence-corrected chi connectivity index (χ3v) is 5.11. The summed E-state index contributed by atoms with van der Waals surface area (Å²) in [4.78, 5) is 38.2. The lowest BCUT2D eigenvalue weighted by molar-refractivity contribution is -0.151. The van der Waals surface area contributed by atoms with Crippen LogP contribution in [-0.2, 0) is 19.1 Å². The van der Waals surface area contributed by atoms with Gasteiger partial charge in [-0.25, -0.2) is 0 Å². The van der Waals surface area contributed by atoms with Crippen LogP contribution in [0.15, 0.2) is 18.2 Å². The van der Waals surface area contributed by atoms with Gasteiger partial charge in [0.25, 0.3) is 5.91 Å². The molecule has 1 aromatic rings. The Morgan fingerprint density at radius 2 is 1.81 bits per heavy atom. The van der Waals surface area contributed by atoms with Crippen LogP contribution >= 0.6 is 0 Å². The fraction of sp³-hybridized carbons (Fsp3) is 0.550. The number of aryl methyl sites for hydroxylation is 2. The summed E-state index contributed by atoms with van der Waals surface area (Å²) in [6.45, 7) is 3.99. The van der Waals surface area contributed by atoms with Gasteiger partial charge < -0.3 is 15.0 Å². The highest BCUT2D eigenvalue weighted by atomic mass is 16.5. The summed E-state index contributed by atoms with van der Waals surface area (Å²) in [5.74, 6) is -1.27. The summed E-state index contributed by atoms with van der Waals surface area (Å²) in [5.41, 5.74) is 2.79. The molecule has 1 heterocycles. The van der Waals surface area contributed by atoms with Crippen molar-refractivity contribution in [3.05, 3.63) is 29.3 Å². The van der Waals surface area contributed by atoms with Gasteiger partial charge in [-0.15, -0.1) is 0 Å². The number of anilines is 1. The Hall–Kier alpha value is -2.37. The van der Waals surface area contributed by atoms with Crippen molar-refractivity contribution in [1.82, 2.24) is 4.90 Å². The Kier molecular flexibility index (Phi) is 5.59. The number of rotatable bonds is 5. The quantitative estimate of drug-likeness (QED) is 0.821. The maximum Gasteiger partial charge on any atom is 0.311 e. The van der Waals surface area contributed by atoms with E-state index in [1.165, 1.54) is 0 Å². The summed E-state index contributed by atoms with van der Waals surface area (Å²) in [6.07, 6.45) is 4.51. The van der Waals surface area contributed by atoms with E-state index in [0.29, 0.717) is 12.2 Å². The Morgan fingerprint density at radius 3 is 2.46 bits per heavy atom. The van der Waals surface area contributed by atoms with Gasteiger partial charge in [0.2, 0.25) is 5.91 Å². The lowest BCUT2D eigenvalue weighted by atomic mass is 10.1. The molecule has 6 heteroatoms. The molecule has 1 atom stereocenters. The van der Waals surface area contributed by atoms with E-state index in [0.717, 1.165) is 36.8 Å². The molecule has 1 saturated heterocycles. The number of ether oxygens (including phenoxy) is 1. The van der Waals surface area contributed by atoms with Crippen molar-refractivity contribution in [1.29, 1.82) is 0 Å². The summed E-state index contributed by atoms with van der Waals surface area (Å²) >= 11 is 0. The van der Waals surface area contributed by atoms with Gasteiger partial charge in [-0.1, -0.05) is 18.9 Å². The van der Waals surface area contributed by atoms with Crippen molar-refractivity contribution < 1.29 is 19.1 Å². The fourth-order valence-corrected chi connectivity index (χ4v) is 3.96. The first-order chi connectivity index (χ1) is 12.4. The number of nitrogens with zero attached hydrogens (tertiary/aromatic N) is 1. The molecule has 1 aliphatic heterocycles. The number of esters is 1. The van der Waals surface area contributed by atoms with Crippen molar-refractivity contribution in [3.63, 3.8) is 0 Å². The van der Waals surface area contributed by atoms with Gasteiger partial charge >= 0.3 is 5.97 Å². The molecule has 2 amide bonds. The Bertz CT molecular complexity index is 690. The SMILES string of the molecule is Cc1cc(C)cc(NC(=O)COC(=O)[C@H]2CC(=O)N(C3CCCC3)C2)c1. The highest BCUT2D eigenvalue weighted by Crippen LogP contribution is 2.29. The average molecular weight is 358 g/mol. The number of hydrogen-bond donors (Lipinski definition) is 1. The molecule has 1 saturated carbocycles. The first-order valence-corrected chi connectivity index (χ1v) is 9.26. The van der Waals surface area contributed by atoms with Crippen LogP contribution in [0.5, 0.6) is 0 Å². The Morgan fingerprint density at radius 1 is 1.15 bits per heavy atom. The zero-order chi connectivity index (χ0) is 18.7. The third kappa shape index (κ3) is 4.42. The van der Waals surface area contributed by atoms with Gasteiger partial charge in [-0.3, -0.25) is 14.4 Å². The second kappa shape index (κ2) is 7.89. The largest absolute Gasteiger partial charge is 0.455 e. The highest BCUT2D eigenvalue weighted by molar-refractivity contribution is 5.93. The van der Waals surface area contributed by atoms with Crippen molar-refractivity contribution in [2.24, 2.45) is 5.92 Å².